The van der Waals surface area contributed by atoms with Gasteiger partial charge >= 0.3 is 0 Å². The maximum atomic E-state index is 12.1. The summed E-state index contributed by atoms with van der Waals surface area (Å²) in [5, 5.41) is 3.90. The number of carbonyl (C=O) groups is 2. The predicted molar refractivity (Wildman–Crippen MR) is 79.8 cm³/mol. The number of nitrogens with zero attached hydrogens (tertiary/aromatic N) is 1. The molecular formula is C16H20N2O2. The highest BCUT2D eigenvalue weighted by Gasteiger charge is 2.12. The molecule has 0 saturated heterocycles. The lowest BCUT2D eigenvalue weighted by molar-refractivity contribution is -0.122. The molecule has 0 unspecified atom stereocenters. The first-order chi connectivity index (χ1) is 9.69. The van der Waals surface area contributed by atoms with Crippen molar-refractivity contribution in [2.45, 2.75) is 39.3 Å². The number of carbonyl (C=O) groups excluding carboxylic acids is 2. The van der Waals surface area contributed by atoms with Crippen LogP contribution in [-0.2, 0) is 11.3 Å². The minimum atomic E-state index is -0.0168. The Morgan fingerprint density at radius 2 is 2.00 bits per heavy atom. The lowest BCUT2D eigenvalue weighted by atomic mass is 10.2. The van der Waals surface area contributed by atoms with E-state index < -0.39 is 0 Å². The molecule has 4 nitrogen and oxygen atoms in total. The lowest BCUT2D eigenvalue weighted by Crippen LogP contribution is -2.36. The number of para-hydroxylation sites is 1. The zero-order valence-corrected chi connectivity index (χ0v) is 11.9. The molecule has 1 aromatic heterocycles. The van der Waals surface area contributed by atoms with Crippen molar-refractivity contribution in [1.29, 1.82) is 0 Å². The quantitative estimate of drug-likeness (QED) is 0.822. The van der Waals surface area contributed by atoms with Gasteiger partial charge in [-0.1, -0.05) is 32.0 Å². The molecule has 0 fully saturated rings. The van der Waals surface area contributed by atoms with Gasteiger partial charge in [-0.25, -0.2) is 0 Å². The second-order valence-electron chi connectivity index (χ2n) is 4.93. The van der Waals surface area contributed by atoms with Crippen LogP contribution in [0.25, 0.3) is 10.9 Å². The number of hydrogen-bond acceptors (Lipinski definition) is 2. The zero-order valence-electron chi connectivity index (χ0n) is 11.9. The van der Waals surface area contributed by atoms with Gasteiger partial charge in [0, 0.05) is 28.7 Å². The first-order valence-corrected chi connectivity index (χ1v) is 7.02. The predicted octanol–water partition coefficient (Wildman–Crippen LogP) is 2.76. The third-order valence-corrected chi connectivity index (χ3v) is 3.61. The molecule has 1 amide bonds. The maximum absolute atomic E-state index is 12.1. The third kappa shape index (κ3) is 2.90. The summed E-state index contributed by atoms with van der Waals surface area (Å²) in [5.41, 5.74) is 1.53. The molecule has 0 saturated carbocycles. The molecule has 1 heterocycles. The van der Waals surface area contributed by atoms with E-state index >= 15 is 0 Å². The number of benzene rings is 1. The van der Waals surface area contributed by atoms with Crippen LogP contribution < -0.4 is 5.32 Å². The van der Waals surface area contributed by atoms with E-state index in [2.05, 4.69) is 19.2 Å². The molecule has 0 spiro atoms. The van der Waals surface area contributed by atoms with Crippen LogP contribution in [0, 0.1) is 0 Å². The van der Waals surface area contributed by atoms with Gasteiger partial charge in [0.1, 0.15) is 6.54 Å². The molecule has 1 N–H and O–H groups in total. The zero-order chi connectivity index (χ0) is 14.5. The average Bonchev–Trinajstić information content (AvgIpc) is 2.83. The standard InChI is InChI=1S/C16H20N2O2/c1-3-13(4-2)17-16(20)10-18-9-12(11-19)14-7-5-6-8-15(14)18/h5-9,11,13H,3-4,10H2,1-2H3,(H,17,20). The molecule has 4 heteroatoms. The lowest BCUT2D eigenvalue weighted by Gasteiger charge is -2.15. The monoisotopic (exact) mass is 272 g/mol. The molecule has 2 aromatic rings. The molecule has 0 aliphatic carbocycles. The summed E-state index contributed by atoms with van der Waals surface area (Å²) >= 11 is 0. The van der Waals surface area contributed by atoms with E-state index in [1.807, 2.05) is 28.8 Å². The van der Waals surface area contributed by atoms with E-state index in [9.17, 15) is 9.59 Å². The van der Waals surface area contributed by atoms with Crippen LogP contribution in [0.4, 0.5) is 0 Å². The van der Waals surface area contributed by atoms with Crippen molar-refractivity contribution < 1.29 is 9.59 Å². The molecule has 2 rings (SSSR count). The molecule has 1 aromatic carbocycles. The van der Waals surface area contributed by atoms with Crippen molar-refractivity contribution in [3.8, 4) is 0 Å². The van der Waals surface area contributed by atoms with E-state index in [4.69, 9.17) is 0 Å². The van der Waals surface area contributed by atoms with Gasteiger partial charge in [-0.3, -0.25) is 9.59 Å². The number of aldehydes is 1. The summed E-state index contributed by atoms with van der Waals surface area (Å²) in [7, 11) is 0. The largest absolute Gasteiger partial charge is 0.352 e. The highest BCUT2D eigenvalue weighted by atomic mass is 16.2. The van der Waals surface area contributed by atoms with E-state index in [1.165, 1.54) is 0 Å². The minimum Gasteiger partial charge on any atom is -0.352 e. The second-order valence-corrected chi connectivity index (χ2v) is 4.93. The average molecular weight is 272 g/mol. The third-order valence-electron chi connectivity index (χ3n) is 3.61. The molecular weight excluding hydrogens is 252 g/mol. The fourth-order valence-corrected chi connectivity index (χ4v) is 2.42. The normalized spacial score (nSPS) is 10.9. The van der Waals surface area contributed by atoms with Crippen molar-refractivity contribution in [2.24, 2.45) is 0 Å². The van der Waals surface area contributed by atoms with Crippen molar-refractivity contribution in [3.63, 3.8) is 0 Å². The number of rotatable bonds is 6. The van der Waals surface area contributed by atoms with Gasteiger partial charge in [0.05, 0.1) is 0 Å². The Balaban J connectivity index is 2.21. The van der Waals surface area contributed by atoms with E-state index in [0.29, 0.717) is 5.56 Å². The Morgan fingerprint density at radius 1 is 1.30 bits per heavy atom. The number of hydrogen-bond donors (Lipinski definition) is 1. The van der Waals surface area contributed by atoms with Gasteiger partial charge in [0.25, 0.3) is 0 Å². The Bertz CT molecular complexity index is 612. The highest BCUT2D eigenvalue weighted by Crippen LogP contribution is 2.19. The summed E-state index contributed by atoms with van der Waals surface area (Å²) in [4.78, 5) is 23.1. The van der Waals surface area contributed by atoms with Crippen LogP contribution in [0.15, 0.2) is 30.5 Å². The molecule has 0 aliphatic rings. The molecule has 0 aliphatic heterocycles. The minimum absolute atomic E-state index is 0.0168. The van der Waals surface area contributed by atoms with Crippen LogP contribution in [0.2, 0.25) is 0 Å². The van der Waals surface area contributed by atoms with E-state index in [0.717, 1.165) is 30.0 Å². The van der Waals surface area contributed by atoms with Gasteiger partial charge in [-0.05, 0) is 18.9 Å². The molecule has 0 atom stereocenters. The summed E-state index contributed by atoms with van der Waals surface area (Å²) in [5.74, 6) is -0.0168. The van der Waals surface area contributed by atoms with Gasteiger partial charge in [-0.2, -0.15) is 0 Å². The maximum Gasteiger partial charge on any atom is 0.240 e. The molecule has 20 heavy (non-hydrogen) atoms. The van der Waals surface area contributed by atoms with Crippen molar-refractivity contribution in [3.05, 3.63) is 36.0 Å². The van der Waals surface area contributed by atoms with Crippen LogP contribution in [0.5, 0.6) is 0 Å². The highest BCUT2D eigenvalue weighted by molar-refractivity contribution is 5.98. The van der Waals surface area contributed by atoms with Crippen molar-refractivity contribution >= 4 is 23.1 Å². The number of amides is 1. The summed E-state index contributed by atoms with van der Waals surface area (Å²) in [6.45, 7) is 4.36. The number of nitrogens with one attached hydrogen (secondary N) is 1. The van der Waals surface area contributed by atoms with Gasteiger partial charge in [0.15, 0.2) is 6.29 Å². The van der Waals surface area contributed by atoms with E-state index in [1.54, 1.807) is 6.20 Å². The van der Waals surface area contributed by atoms with E-state index in [-0.39, 0.29) is 18.5 Å². The van der Waals surface area contributed by atoms with Crippen molar-refractivity contribution in [1.82, 2.24) is 9.88 Å². The van der Waals surface area contributed by atoms with Crippen LogP contribution in [-0.4, -0.2) is 22.8 Å². The fraction of sp³-hybridized carbons (Fsp3) is 0.375. The van der Waals surface area contributed by atoms with Crippen LogP contribution in [0.1, 0.15) is 37.0 Å². The topological polar surface area (TPSA) is 51.1 Å². The van der Waals surface area contributed by atoms with Crippen LogP contribution >= 0.6 is 0 Å². The summed E-state index contributed by atoms with van der Waals surface area (Å²) in [6, 6.07) is 7.84. The smallest absolute Gasteiger partial charge is 0.240 e. The first-order valence-electron chi connectivity index (χ1n) is 7.02. The Hall–Kier alpha value is -2.10. The summed E-state index contributed by atoms with van der Waals surface area (Å²) in [6.07, 6.45) is 4.42. The Morgan fingerprint density at radius 3 is 2.65 bits per heavy atom. The molecule has 106 valence electrons. The Kier molecular flexibility index (Phi) is 4.56. The fourth-order valence-electron chi connectivity index (χ4n) is 2.42. The van der Waals surface area contributed by atoms with Gasteiger partial charge < -0.3 is 9.88 Å². The number of fused-ring (bicyclic) bond motifs is 1. The molecule has 0 radical (unpaired) electrons. The van der Waals surface area contributed by atoms with Crippen molar-refractivity contribution in [2.75, 3.05) is 0 Å². The first kappa shape index (κ1) is 14.3. The molecule has 0 bridgehead atoms. The second kappa shape index (κ2) is 6.37. The van der Waals surface area contributed by atoms with Crippen LogP contribution in [0.3, 0.4) is 0 Å². The SMILES string of the molecule is CCC(CC)NC(=O)Cn1cc(C=O)c2ccccc21. The Labute approximate surface area is 118 Å². The van der Waals surface area contributed by atoms with Gasteiger partial charge in [0.2, 0.25) is 5.91 Å². The van der Waals surface area contributed by atoms with Gasteiger partial charge in [-0.15, -0.1) is 0 Å². The summed E-state index contributed by atoms with van der Waals surface area (Å²) < 4.78 is 1.83. The number of aromatic nitrogens is 1.